The maximum absolute atomic E-state index is 12.2. The summed E-state index contributed by atoms with van der Waals surface area (Å²) in [5, 5.41) is 0. The second kappa shape index (κ2) is 4.61. The molecular weight excluding hydrogens is 205 g/mol. The normalized spacial score (nSPS) is 13.9. The van der Waals surface area contributed by atoms with E-state index < -0.39 is 11.9 Å². The molecule has 0 bridgehead atoms. The number of hydrogen-bond acceptors (Lipinski definition) is 2. The minimum Gasteiger partial charge on any atom is -0.328 e. The lowest BCUT2D eigenvalue weighted by Crippen LogP contribution is -2.15. The Kier molecular flexibility index (Phi) is 3.68. The molecule has 0 aliphatic carbocycles. The SMILES string of the molecule is C[C@@H](N)CCc1ccc(C(F)(F)F)nc1. The number of aromatic nitrogens is 1. The lowest BCUT2D eigenvalue weighted by atomic mass is 10.1. The van der Waals surface area contributed by atoms with Gasteiger partial charge in [0.15, 0.2) is 0 Å². The number of halogens is 3. The van der Waals surface area contributed by atoms with Crippen LogP contribution in [0.3, 0.4) is 0 Å². The van der Waals surface area contributed by atoms with E-state index in [1.807, 2.05) is 6.92 Å². The molecule has 2 N–H and O–H groups in total. The van der Waals surface area contributed by atoms with Crippen molar-refractivity contribution in [2.24, 2.45) is 5.73 Å². The summed E-state index contributed by atoms with van der Waals surface area (Å²) in [5.41, 5.74) is 5.46. The minimum atomic E-state index is -4.36. The van der Waals surface area contributed by atoms with Gasteiger partial charge in [-0.2, -0.15) is 13.2 Å². The predicted octanol–water partition coefficient (Wildman–Crippen LogP) is 2.38. The van der Waals surface area contributed by atoms with E-state index in [2.05, 4.69) is 4.98 Å². The number of nitrogens with two attached hydrogens (primary N) is 1. The quantitative estimate of drug-likeness (QED) is 0.845. The van der Waals surface area contributed by atoms with E-state index in [1.54, 1.807) is 0 Å². The van der Waals surface area contributed by atoms with Gasteiger partial charge in [-0.15, -0.1) is 0 Å². The third-order valence-electron chi connectivity index (χ3n) is 2.00. The molecule has 1 atom stereocenters. The molecular formula is C10H13F3N2. The number of aryl methyl sites for hydroxylation is 1. The van der Waals surface area contributed by atoms with Crippen LogP contribution in [0, 0.1) is 0 Å². The second-order valence-corrected chi connectivity index (χ2v) is 3.57. The Labute approximate surface area is 86.3 Å². The summed E-state index contributed by atoms with van der Waals surface area (Å²) in [7, 11) is 0. The Morgan fingerprint density at radius 1 is 1.40 bits per heavy atom. The Morgan fingerprint density at radius 2 is 2.07 bits per heavy atom. The van der Waals surface area contributed by atoms with Gasteiger partial charge in [-0.1, -0.05) is 6.07 Å². The molecule has 0 saturated carbocycles. The monoisotopic (exact) mass is 218 g/mol. The fourth-order valence-corrected chi connectivity index (χ4v) is 1.13. The molecule has 0 spiro atoms. The summed E-state index contributed by atoms with van der Waals surface area (Å²) in [4.78, 5) is 3.36. The first kappa shape index (κ1) is 12.0. The fraction of sp³-hybridized carbons (Fsp3) is 0.500. The van der Waals surface area contributed by atoms with Crippen LogP contribution in [0.2, 0.25) is 0 Å². The van der Waals surface area contributed by atoms with E-state index >= 15 is 0 Å². The van der Waals surface area contributed by atoms with Gasteiger partial charge < -0.3 is 5.73 Å². The summed E-state index contributed by atoms with van der Waals surface area (Å²) in [6, 6.07) is 2.49. The van der Waals surface area contributed by atoms with Gasteiger partial charge >= 0.3 is 6.18 Å². The van der Waals surface area contributed by atoms with Crippen molar-refractivity contribution in [3.63, 3.8) is 0 Å². The van der Waals surface area contributed by atoms with Crippen LogP contribution >= 0.6 is 0 Å². The van der Waals surface area contributed by atoms with Crippen molar-refractivity contribution < 1.29 is 13.2 Å². The van der Waals surface area contributed by atoms with Gasteiger partial charge in [0.05, 0.1) is 0 Å². The smallest absolute Gasteiger partial charge is 0.328 e. The summed E-state index contributed by atoms with van der Waals surface area (Å²) in [5.74, 6) is 0. The third-order valence-corrected chi connectivity index (χ3v) is 2.00. The second-order valence-electron chi connectivity index (χ2n) is 3.57. The Morgan fingerprint density at radius 3 is 2.47 bits per heavy atom. The van der Waals surface area contributed by atoms with E-state index in [0.717, 1.165) is 18.1 Å². The first-order chi connectivity index (χ1) is 6.89. The molecule has 15 heavy (non-hydrogen) atoms. The molecule has 0 aromatic carbocycles. The lowest BCUT2D eigenvalue weighted by molar-refractivity contribution is -0.141. The summed E-state index contributed by atoms with van der Waals surface area (Å²) >= 11 is 0. The molecule has 1 aromatic heterocycles. The van der Waals surface area contributed by atoms with Crippen LogP contribution in [0.15, 0.2) is 18.3 Å². The highest BCUT2D eigenvalue weighted by Gasteiger charge is 2.31. The number of rotatable bonds is 3. The van der Waals surface area contributed by atoms with Crippen molar-refractivity contribution in [3.05, 3.63) is 29.6 Å². The van der Waals surface area contributed by atoms with Gasteiger partial charge in [0.2, 0.25) is 0 Å². The van der Waals surface area contributed by atoms with Gasteiger partial charge in [0.1, 0.15) is 5.69 Å². The minimum absolute atomic E-state index is 0.0484. The highest BCUT2D eigenvalue weighted by molar-refractivity contribution is 5.16. The van der Waals surface area contributed by atoms with Gasteiger partial charge in [-0.25, -0.2) is 0 Å². The number of alkyl halides is 3. The molecule has 0 unspecified atom stereocenters. The van der Waals surface area contributed by atoms with Gasteiger partial charge in [0, 0.05) is 12.2 Å². The molecule has 84 valence electrons. The summed E-state index contributed by atoms with van der Waals surface area (Å²) in [6.07, 6.45) is -1.71. The highest BCUT2D eigenvalue weighted by Crippen LogP contribution is 2.27. The van der Waals surface area contributed by atoms with Gasteiger partial charge in [-0.05, 0) is 31.4 Å². The molecule has 0 radical (unpaired) electrons. The Balaban J connectivity index is 2.65. The van der Waals surface area contributed by atoms with Crippen LogP contribution in [-0.2, 0) is 12.6 Å². The van der Waals surface area contributed by atoms with E-state index in [4.69, 9.17) is 5.73 Å². The van der Waals surface area contributed by atoms with Crippen LogP contribution < -0.4 is 5.73 Å². The molecule has 0 aliphatic rings. The summed E-state index contributed by atoms with van der Waals surface area (Å²) < 4.78 is 36.5. The molecule has 0 amide bonds. The van der Waals surface area contributed by atoms with Crippen LogP contribution in [-0.4, -0.2) is 11.0 Å². The maximum Gasteiger partial charge on any atom is 0.433 e. The first-order valence-electron chi connectivity index (χ1n) is 4.67. The molecule has 1 rings (SSSR count). The number of nitrogens with zero attached hydrogens (tertiary/aromatic N) is 1. The Hall–Kier alpha value is -1.10. The van der Waals surface area contributed by atoms with Crippen LogP contribution in [0.5, 0.6) is 0 Å². The van der Waals surface area contributed by atoms with Crippen molar-refractivity contribution in [1.29, 1.82) is 0 Å². The molecule has 5 heteroatoms. The molecule has 1 aromatic rings. The third kappa shape index (κ3) is 3.87. The average molecular weight is 218 g/mol. The van der Waals surface area contributed by atoms with Crippen LogP contribution in [0.1, 0.15) is 24.6 Å². The molecule has 1 heterocycles. The van der Waals surface area contributed by atoms with Crippen LogP contribution in [0.25, 0.3) is 0 Å². The van der Waals surface area contributed by atoms with Crippen molar-refractivity contribution in [2.45, 2.75) is 32.0 Å². The first-order valence-corrected chi connectivity index (χ1v) is 4.67. The van der Waals surface area contributed by atoms with E-state index in [1.165, 1.54) is 12.3 Å². The van der Waals surface area contributed by atoms with E-state index in [0.29, 0.717) is 6.42 Å². The molecule has 0 saturated heterocycles. The molecule has 0 fully saturated rings. The van der Waals surface area contributed by atoms with Crippen molar-refractivity contribution in [2.75, 3.05) is 0 Å². The fourth-order valence-electron chi connectivity index (χ4n) is 1.13. The predicted molar refractivity (Wildman–Crippen MR) is 51.2 cm³/mol. The number of hydrogen-bond donors (Lipinski definition) is 1. The zero-order chi connectivity index (χ0) is 11.5. The lowest BCUT2D eigenvalue weighted by Gasteiger charge is -2.07. The van der Waals surface area contributed by atoms with E-state index in [-0.39, 0.29) is 6.04 Å². The molecule has 2 nitrogen and oxygen atoms in total. The highest BCUT2D eigenvalue weighted by atomic mass is 19.4. The topological polar surface area (TPSA) is 38.9 Å². The molecule has 0 aliphatic heterocycles. The Bertz CT molecular complexity index is 303. The average Bonchev–Trinajstić information content (AvgIpc) is 2.14. The van der Waals surface area contributed by atoms with E-state index in [9.17, 15) is 13.2 Å². The zero-order valence-corrected chi connectivity index (χ0v) is 8.38. The van der Waals surface area contributed by atoms with Crippen molar-refractivity contribution in [3.8, 4) is 0 Å². The van der Waals surface area contributed by atoms with Crippen molar-refractivity contribution in [1.82, 2.24) is 4.98 Å². The van der Waals surface area contributed by atoms with Crippen LogP contribution in [0.4, 0.5) is 13.2 Å². The van der Waals surface area contributed by atoms with Crippen molar-refractivity contribution >= 4 is 0 Å². The standard InChI is InChI=1S/C10H13F3N2/c1-7(14)2-3-8-4-5-9(15-6-8)10(11,12)13/h4-7H,2-3,14H2,1H3/t7-/m1/s1. The van der Waals surface area contributed by atoms with Gasteiger partial charge in [0.25, 0.3) is 0 Å². The number of pyridine rings is 1. The summed E-state index contributed by atoms with van der Waals surface area (Å²) in [6.45, 7) is 1.86. The van der Waals surface area contributed by atoms with Gasteiger partial charge in [-0.3, -0.25) is 4.98 Å². The maximum atomic E-state index is 12.2. The zero-order valence-electron chi connectivity index (χ0n) is 8.38. The largest absolute Gasteiger partial charge is 0.433 e.